The van der Waals surface area contributed by atoms with E-state index in [2.05, 4.69) is 0 Å². The van der Waals surface area contributed by atoms with Crippen LogP contribution in [0.3, 0.4) is 0 Å². The van der Waals surface area contributed by atoms with Crippen LogP contribution in [-0.4, -0.2) is 36.2 Å². The molecule has 0 bridgehead atoms. The number of likely N-dealkylation sites (tertiary alicyclic amines) is 1. The van der Waals surface area contributed by atoms with Crippen LogP contribution in [0.1, 0.15) is 17.5 Å². The summed E-state index contributed by atoms with van der Waals surface area (Å²) < 4.78 is 79.0. The normalized spacial score (nSPS) is 19.0. The number of nitrogens with zero attached hydrogens (tertiary/aromatic N) is 1. The Labute approximate surface area is 139 Å². The van der Waals surface area contributed by atoms with E-state index in [0.29, 0.717) is 18.1 Å². The molecule has 3 nitrogen and oxygen atoms in total. The van der Waals surface area contributed by atoms with Crippen molar-refractivity contribution in [3.63, 3.8) is 0 Å². The molecule has 1 heterocycles. The number of amides is 1. The summed E-state index contributed by atoms with van der Waals surface area (Å²) in [4.78, 5) is 12.9. The van der Waals surface area contributed by atoms with Crippen molar-refractivity contribution in [3.8, 4) is 0 Å². The Bertz CT molecular complexity index is 621. The number of rotatable bonds is 4. The van der Waals surface area contributed by atoms with E-state index >= 15 is 0 Å². The highest BCUT2D eigenvalue weighted by Crippen LogP contribution is 2.29. The van der Waals surface area contributed by atoms with E-state index in [1.54, 1.807) is 0 Å². The van der Waals surface area contributed by atoms with Crippen LogP contribution < -0.4 is 0 Å². The molecule has 1 aromatic rings. The molecule has 138 valence electrons. The fourth-order valence-corrected chi connectivity index (χ4v) is 2.34. The van der Waals surface area contributed by atoms with Gasteiger partial charge in [0.2, 0.25) is 5.91 Å². The van der Waals surface area contributed by atoms with Gasteiger partial charge in [-0.1, -0.05) is 12.1 Å². The topological polar surface area (TPSA) is 29.5 Å². The van der Waals surface area contributed by atoms with Gasteiger partial charge in [-0.3, -0.25) is 4.79 Å². The van der Waals surface area contributed by atoms with E-state index in [4.69, 9.17) is 4.74 Å². The second-order valence-electron chi connectivity index (χ2n) is 5.58. The van der Waals surface area contributed by atoms with E-state index in [1.807, 2.05) is 0 Å². The van der Waals surface area contributed by atoms with Crippen LogP contribution in [0.4, 0.5) is 26.3 Å². The first kappa shape index (κ1) is 19.3. The number of carbonyl (C=O) groups is 1. The first-order valence-corrected chi connectivity index (χ1v) is 7.37. The van der Waals surface area contributed by atoms with Gasteiger partial charge in [0, 0.05) is 25.2 Å². The largest absolute Gasteiger partial charge is 0.416 e. The number of halogens is 6. The van der Waals surface area contributed by atoms with Crippen molar-refractivity contribution in [2.24, 2.45) is 0 Å². The first-order chi connectivity index (χ1) is 11.5. The first-order valence-electron chi connectivity index (χ1n) is 7.37. The lowest BCUT2D eigenvalue weighted by Gasteiger charge is -2.15. The molecule has 1 aliphatic rings. The van der Waals surface area contributed by atoms with Gasteiger partial charge in [0.15, 0.2) is 0 Å². The molecule has 1 aliphatic heterocycles. The molecule has 2 rings (SSSR count). The molecule has 9 heteroatoms. The van der Waals surface area contributed by atoms with E-state index in [0.717, 1.165) is 12.1 Å². The zero-order chi connectivity index (χ0) is 18.7. The smallest absolute Gasteiger partial charge is 0.372 e. The third kappa shape index (κ3) is 6.08. The highest BCUT2D eigenvalue weighted by atomic mass is 19.4. The molecule has 1 fully saturated rings. The molecule has 25 heavy (non-hydrogen) atoms. The lowest BCUT2D eigenvalue weighted by Crippen LogP contribution is -2.29. The summed E-state index contributed by atoms with van der Waals surface area (Å²) in [7, 11) is 0. The molecule has 1 aromatic carbocycles. The number of benzene rings is 1. The highest BCUT2D eigenvalue weighted by molar-refractivity contribution is 5.87. The van der Waals surface area contributed by atoms with E-state index in [1.165, 1.54) is 17.0 Å². The average molecular weight is 367 g/mol. The molecule has 0 spiro atoms. The molecule has 0 saturated carbocycles. The van der Waals surface area contributed by atoms with Gasteiger partial charge in [-0.2, -0.15) is 26.3 Å². The Morgan fingerprint density at radius 2 is 1.80 bits per heavy atom. The second kappa shape index (κ2) is 7.47. The van der Waals surface area contributed by atoms with Crippen LogP contribution in [0.5, 0.6) is 0 Å². The van der Waals surface area contributed by atoms with Crippen molar-refractivity contribution in [2.75, 3.05) is 13.1 Å². The van der Waals surface area contributed by atoms with Gasteiger partial charge < -0.3 is 9.64 Å². The highest BCUT2D eigenvalue weighted by Gasteiger charge is 2.30. The van der Waals surface area contributed by atoms with Crippen molar-refractivity contribution in [1.82, 2.24) is 4.90 Å². The van der Waals surface area contributed by atoms with E-state index < -0.39 is 23.8 Å². The van der Waals surface area contributed by atoms with Crippen LogP contribution in [0.15, 0.2) is 36.4 Å². The summed E-state index contributed by atoms with van der Waals surface area (Å²) in [5, 5.41) is 0. The van der Waals surface area contributed by atoms with Gasteiger partial charge in [-0.25, -0.2) is 0 Å². The molecule has 0 aliphatic carbocycles. The monoisotopic (exact) mass is 367 g/mol. The number of alkyl halides is 6. The standard InChI is InChI=1S/C16H15F6NO2/c17-15(18,19)7-5-14(24)23-8-6-13(9-23)25-10-11-1-3-12(4-2-11)16(20,21)22/h1-5,7,13H,6,8-10H2/b7-5+/t13-/m0/s1. The molecule has 0 N–H and O–H groups in total. The molecule has 1 amide bonds. The lowest BCUT2D eigenvalue weighted by atomic mass is 10.1. The maximum absolute atomic E-state index is 12.5. The van der Waals surface area contributed by atoms with Crippen LogP contribution in [0.2, 0.25) is 0 Å². The van der Waals surface area contributed by atoms with Crippen LogP contribution in [0, 0.1) is 0 Å². The fraction of sp³-hybridized carbons (Fsp3) is 0.438. The predicted molar refractivity (Wildman–Crippen MR) is 76.4 cm³/mol. The SMILES string of the molecule is O=C(/C=C/C(F)(F)F)N1CC[C@H](OCc2ccc(C(F)(F)F)cc2)C1. The van der Waals surface area contributed by atoms with Gasteiger partial charge in [0.05, 0.1) is 18.3 Å². The number of allylic oxidation sites excluding steroid dienone is 1. The number of carbonyl (C=O) groups excluding carboxylic acids is 1. The Balaban J connectivity index is 1.81. The average Bonchev–Trinajstić information content (AvgIpc) is 2.98. The van der Waals surface area contributed by atoms with Crippen LogP contribution in [-0.2, 0) is 22.3 Å². The quantitative estimate of drug-likeness (QED) is 0.596. The maximum atomic E-state index is 12.5. The Hall–Kier alpha value is -2.03. The third-order valence-electron chi connectivity index (χ3n) is 3.64. The summed E-state index contributed by atoms with van der Waals surface area (Å²) in [6.07, 6.45) is -8.52. The van der Waals surface area contributed by atoms with Crippen molar-refractivity contribution in [2.45, 2.75) is 31.5 Å². The summed E-state index contributed by atoms with van der Waals surface area (Å²) in [5.41, 5.74) is -0.222. The second-order valence-corrected chi connectivity index (χ2v) is 5.58. The fourth-order valence-electron chi connectivity index (χ4n) is 2.34. The summed E-state index contributed by atoms with van der Waals surface area (Å²) in [6, 6.07) is 4.50. The lowest BCUT2D eigenvalue weighted by molar-refractivity contribution is -0.137. The number of hydrogen-bond donors (Lipinski definition) is 0. The van der Waals surface area contributed by atoms with Crippen molar-refractivity contribution in [3.05, 3.63) is 47.5 Å². The van der Waals surface area contributed by atoms with Crippen molar-refractivity contribution in [1.29, 1.82) is 0 Å². The van der Waals surface area contributed by atoms with E-state index in [9.17, 15) is 31.1 Å². The zero-order valence-corrected chi connectivity index (χ0v) is 12.9. The van der Waals surface area contributed by atoms with Gasteiger partial charge >= 0.3 is 12.4 Å². The van der Waals surface area contributed by atoms with Gasteiger partial charge in [-0.05, 0) is 24.1 Å². The zero-order valence-electron chi connectivity index (χ0n) is 12.9. The van der Waals surface area contributed by atoms with E-state index in [-0.39, 0.29) is 31.9 Å². The Morgan fingerprint density at radius 3 is 2.36 bits per heavy atom. The maximum Gasteiger partial charge on any atom is 0.416 e. The Morgan fingerprint density at radius 1 is 1.16 bits per heavy atom. The molecule has 0 unspecified atom stereocenters. The molecule has 1 saturated heterocycles. The van der Waals surface area contributed by atoms with Gasteiger partial charge in [-0.15, -0.1) is 0 Å². The Kier molecular flexibility index (Phi) is 5.76. The third-order valence-corrected chi connectivity index (χ3v) is 3.64. The van der Waals surface area contributed by atoms with Gasteiger partial charge in [0.1, 0.15) is 0 Å². The minimum Gasteiger partial charge on any atom is -0.372 e. The predicted octanol–water partition coefficient (Wildman–Crippen LogP) is 3.94. The number of hydrogen-bond acceptors (Lipinski definition) is 2. The van der Waals surface area contributed by atoms with Crippen molar-refractivity contribution >= 4 is 5.91 Å². The number of ether oxygens (including phenoxy) is 1. The molecule has 0 radical (unpaired) electrons. The summed E-state index contributed by atoms with van der Waals surface area (Å²) >= 11 is 0. The molecule has 0 aromatic heterocycles. The summed E-state index contributed by atoms with van der Waals surface area (Å²) in [5.74, 6) is -0.752. The van der Waals surface area contributed by atoms with Crippen LogP contribution >= 0.6 is 0 Å². The minimum absolute atomic E-state index is 0.0588. The van der Waals surface area contributed by atoms with Crippen molar-refractivity contribution < 1.29 is 35.9 Å². The molecular formula is C16H15F6NO2. The van der Waals surface area contributed by atoms with Crippen LogP contribution in [0.25, 0.3) is 0 Å². The molecular weight excluding hydrogens is 352 g/mol. The van der Waals surface area contributed by atoms with Gasteiger partial charge in [0.25, 0.3) is 0 Å². The summed E-state index contributed by atoms with van der Waals surface area (Å²) in [6.45, 7) is 0.462. The minimum atomic E-state index is -4.55. The molecule has 1 atom stereocenters.